The first-order valence-electron chi connectivity index (χ1n) is 7.56. The summed E-state index contributed by atoms with van der Waals surface area (Å²) in [4.78, 5) is 18.9. The lowest BCUT2D eigenvalue weighted by atomic mass is 10.2. The summed E-state index contributed by atoms with van der Waals surface area (Å²) in [7, 11) is 3.56. The molecule has 3 rings (SSSR count). The normalized spacial score (nSPS) is 20.7. The standard InChI is InChI=1S/C15H21N7O/c1-16-15-19-4-3-14(21-15)22-8-12(13(9-22)23-2)20-7-11-5-17-10-18-6-11/h3-6,10,12-13,20H,7-9H2,1-2H3,(H,16,19,21)/t12-,13+/m1/s1. The van der Waals surface area contributed by atoms with Crippen molar-refractivity contribution in [2.24, 2.45) is 0 Å². The highest BCUT2D eigenvalue weighted by molar-refractivity contribution is 5.44. The van der Waals surface area contributed by atoms with E-state index in [4.69, 9.17) is 4.74 Å². The van der Waals surface area contributed by atoms with E-state index in [9.17, 15) is 0 Å². The van der Waals surface area contributed by atoms with Gasteiger partial charge in [0, 0.05) is 57.9 Å². The molecular weight excluding hydrogens is 294 g/mol. The Labute approximate surface area is 135 Å². The summed E-state index contributed by atoms with van der Waals surface area (Å²) < 4.78 is 5.63. The molecule has 1 fully saturated rings. The Balaban J connectivity index is 1.65. The lowest BCUT2D eigenvalue weighted by Crippen LogP contribution is -2.39. The second-order valence-electron chi connectivity index (χ2n) is 5.40. The first-order valence-corrected chi connectivity index (χ1v) is 7.56. The van der Waals surface area contributed by atoms with Gasteiger partial charge in [-0.15, -0.1) is 0 Å². The monoisotopic (exact) mass is 315 g/mol. The summed E-state index contributed by atoms with van der Waals surface area (Å²) >= 11 is 0. The van der Waals surface area contributed by atoms with E-state index in [0.29, 0.717) is 12.5 Å². The van der Waals surface area contributed by atoms with Crippen molar-refractivity contribution in [2.45, 2.75) is 18.7 Å². The largest absolute Gasteiger partial charge is 0.378 e. The summed E-state index contributed by atoms with van der Waals surface area (Å²) in [5.74, 6) is 1.52. The van der Waals surface area contributed by atoms with Crippen LogP contribution < -0.4 is 15.5 Å². The van der Waals surface area contributed by atoms with Gasteiger partial charge in [0.1, 0.15) is 12.1 Å². The number of methoxy groups -OCH3 is 1. The zero-order chi connectivity index (χ0) is 16.1. The van der Waals surface area contributed by atoms with Crippen molar-refractivity contribution in [1.82, 2.24) is 25.3 Å². The SMILES string of the molecule is CNc1nccc(N2C[C@H](OC)[C@H](NCc3cncnc3)C2)n1. The molecule has 1 aliphatic heterocycles. The molecule has 122 valence electrons. The van der Waals surface area contributed by atoms with Crippen LogP contribution in [0.15, 0.2) is 31.0 Å². The highest BCUT2D eigenvalue weighted by atomic mass is 16.5. The Kier molecular flexibility index (Phi) is 4.94. The van der Waals surface area contributed by atoms with Gasteiger partial charge >= 0.3 is 0 Å². The number of nitrogens with one attached hydrogen (secondary N) is 2. The van der Waals surface area contributed by atoms with Crippen molar-refractivity contribution in [2.75, 3.05) is 37.5 Å². The van der Waals surface area contributed by atoms with Crippen LogP contribution >= 0.6 is 0 Å². The Bertz CT molecular complexity index is 624. The number of nitrogens with zero attached hydrogens (tertiary/aromatic N) is 5. The highest BCUT2D eigenvalue weighted by Crippen LogP contribution is 2.21. The lowest BCUT2D eigenvalue weighted by molar-refractivity contribution is 0.0966. The number of hydrogen-bond acceptors (Lipinski definition) is 8. The molecule has 3 heterocycles. The zero-order valence-electron chi connectivity index (χ0n) is 13.3. The Morgan fingerprint density at radius 3 is 2.87 bits per heavy atom. The molecule has 0 saturated carbocycles. The van der Waals surface area contributed by atoms with Crippen LogP contribution in [0.1, 0.15) is 5.56 Å². The van der Waals surface area contributed by atoms with Crippen molar-refractivity contribution < 1.29 is 4.74 Å². The molecule has 0 radical (unpaired) electrons. The molecule has 0 amide bonds. The van der Waals surface area contributed by atoms with Gasteiger partial charge in [-0.3, -0.25) is 0 Å². The van der Waals surface area contributed by atoms with Gasteiger partial charge in [-0.2, -0.15) is 4.98 Å². The summed E-state index contributed by atoms with van der Waals surface area (Å²) in [6.07, 6.45) is 7.04. The van der Waals surface area contributed by atoms with E-state index in [1.807, 2.05) is 25.5 Å². The first-order chi connectivity index (χ1) is 11.3. The molecule has 0 bridgehead atoms. The van der Waals surface area contributed by atoms with E-state index >= 15 is 0 Å². The van der Waals surface area contributed by atoms with E-state index in [-0.39, 0.29) is 12.1 Å². The average Bonchev–Trinajstić information content (AvgIpc) is 3.04. The Morgan fingerprint density at radius 1 is 1.30 bits per heavy atom. The second kappa shape index (κ2) is 7.30. The van der Waals surface area contributed by atoms with Crippen LogP contribution in [0.5, 0.6) is 0 Å². The summed E-state index contributed by atoms with van der Waals surface area (Å²) in [5, 5.41) is 6.49. The number of hydrogen-bond donors (Lipinski definition) is 2. The van der Waals surface area contributed by atoms with Gasteiger partial charge in [0.2, 0.25) is 5.95 Å². The van der Waals surface area contributed by atoms with Gasteiger partial charge in [0.25, 0.3) is 0 Å². The number of ether oxygens (including phenoxy) is 1. The second-order valence-corrected chi connectivity index (χ2v) is 5.40. The molecule has 2 atom stereocenters. The van der Waals surface area contributed by atoms with Gasteiger partial charge in [-0.05, 0) is 6.07 Å². The van der Waals surface area contributed by atoms with Crippen LogP contribution in [-0.2, 0) is 11.3 Å². The molecular formula is C15H21N7O. The lowest BCUT2D eigenvalue weighted by Gasteiger charge is -2.18. The van der Waals surface area contributed by atoms with E-state index < -0.39 is 0 Å². The van der Waals surface area contributed by atoms with Crippen LogP contribution in [0.2, 0.25) is 0 Å². The smallest absolute Gasteiger partial charge is 0.224 e. The summed E-state index contributed by atoms with van der Waals surface area (Å²) in [6, 6.07) is 2.13. The summed E-state index contributed by atoms with van der Waals surface area (Å²) in [5.41, 5.74) is 1.06. The minimum atomic E-state index is 0.104. The predicted molar refractivity (Wildman–Crippen MR) is 87.2 cm³/mol. The van der Waals surface area contributed by atoms with Crippen molar-refractivity contribution in [3.63, 3.8) is 0 Å². The third-order valence-corrected chi connectivity index (χ3v) is 3.94. The van der Waals surface area contributed by atoms with E-state index in [1.165, 1.54) is 6.33 Å². The molecule has 2 N–H and O–H groups in total. The molecule has 0 unspecified atom stereocenters. The zero-order valence-corrected chi connectivity index (χ0v) is 13.3. The fourth-order valence-corrected chi connectivity index (χ4v) is 2.71. The molecule has 2 aromatic heterocycles. The topological polar surface area (TPSA) is 88.1 Å². The van der Waals surface area contributed by atoms with Crippen LogP contribution in [-0.4, -0.2) is 59.3 Å². The molecule has 0 aliphatic carbocycles. The minimum Gasteiger partial charge on any atom is -0.378 e. The van der Waals surface area contributed by atoms with Crippen LogP contribution in [0.25, 0.3) is 0 Å². The maximum atomic E-state index is 5.63. The fourth-order valence-electron chi connectivity index (χ4n) is 2.71. The Morgan fingerprint density at radius 2 is 2.13 bits per heavy atom. The van der Waals surface area contributed by atoms with E-state index in [1.54, 1.807) is 13.3 Å². The third-order valence-electron chi connectivity index (χ3n) is 3.94. The van der Waals surface area contributed by atoms with Gasteiger partial charge in [0.05, 0.1) is 12.1 Å². The van der Waals surface area contributed by atoms with Gasteiger partial charge in [0.15, 0.2) is 0 Å². The van der Waals surface area contributed by atoms with E-state index in [0.717, 1.165) is 24.5 Å². The highest BCUT2D eigenvalue weighted by Gasteiger charge is 2.33. The maximum absolute atomic E-state index is 5.63. The van der Waals surface area contributed by atoms with Crippen molar-refractivity contribution in [3.05, 3.63) is 36.5 Å². The third kappa shape index (κ3) is 3.72. The van der Waals surface area contributed by atoms with Crippen LogP contribution in [0, 0.1) is 0 Å². The van der Waals surface area contributed by atoms with Gasteiger partial charge in [-0.1, -0.05) is 0 Å². The predicted octanol–water partition coefficient (Wildman–Crippen LogP) is 0.302. The molecule has 23 heavy (non-hydrogen) atoms. The molecule has 0 aromatic carbocycles. The number of aromatic nitrogens is 4. The van der Waals surface area contributed by atoms with Crippen LogP contribution in [0.4, 0.5) is 11.8 Å². The van der Waals surface area contributed by atoms with Crippen molar-refractivity contribution in [3.8, 4) is 0 Å². The summed E-state index contributed by atoms with van der Waals surface area (Å²) in [6.45, 7) is 2.33. The maximum Gasteiger partial charge on any atom is 0.224 e. The fraction of sp³-hybridized carbons (Fsp3) is 0.467. The molecule has 0 spiro atoms. The van der Waals surface area contributed by atoms with Crippen LogP contribution in [0.3, 0.4) is 0 Å². The average molecular weight is 315 g/mol. The molecule has 1 saturated heterocycles. The molecule has 2 aromatic rings. The molecule has 8 nitrogen and oxygen atoms in total. The van der Waals surface area contributed by atoms with Crippen molar-refractivity contribution >= 4 is 11.8 Å². The number of rotatable bonds is 6. The van der Waals surface area contributed by atoms with E-state index in [2.05, 4.69) is 35.5 Å². The van der Waals surface area contributed by atoms with Crippen molar-refractivity contribution in [1.29, 1.82) is 0 Å². The number of anilines is 2. The molecule has 1 aliphatic rings. The quantitative estimate of drug-likeness (QED) is 0.787. The van der Waals surface area contributed by atoms with Gasteiger partial charge < -0.3 is 20.3 Å². The minimum absolute atomic E-state index is 0.104. The van der Waals surface area contributed by atoms with Gasteiger partial charge in [-0.25, -0.2) is 15.0 Å². The first kappa shape index (κ1) is 15.6. The molecule has 8 heteroatoms. The Hall–Kier alpha value is -2.32.